The van der Waals surface area contributed by atoms with Crippen molar-refractivity contribution in [1.29, 1.82) is 0 Å². The van der Waals surface area contributed by atoms with Crippen molar-refractivity contribution in [3.63, 3.8) is 0 Å². The van der Waals surface area contributed by atoms with Gasteiger partial charge in [-0.2, -0.15) is 0 Å². The summed E-state index contributed by atoms with van der Waals surface area (Å²) in [5.74, 6) is 1.07. The summed E-state index contributed by atoms with van der Waals surface area (Å²) in [7, 11) is -3.58. The van der Waals surface area contributed by atoms with Gasteiger partial charge in [0.1, 0.15) is 10.7 Å². The predicted octanol–water partition coefficient (Wildman–Crippen LogP) is 2.99. The van der Waals surface area contributed by atoms with Crippen molar-refractivity contribution >= 4 is 26.0 Å². The van der Waals surface area contributed by atoms with Gasteiger partial charge in [0.15, 0.2) is 4.67 Å². The van der Waals surface area contributed by atoms with Crippen molar-refractivity contribution in [3.8, 4) is 0 Å². The summed E-state index contributed by atoms with van der Waals surface area (Å²) in [5.41, 5.74) is 5.44. The molecule has 0 amide bonds. The third-order valence-corrected chi connectivity index (χ3v) is 5.42. The summed E-state index contributed by atoms with van der Waals surface area (Å²) in [6.07, 6.45) is 2.91. The molecule has 3 N–H and O–H groups in total. The van der Waals surface area contributed by atoms with Gasteiger partial charge in [0.25, 0.3) is 0 Å². The van der Waals surface area contributed by atoms with E-state index in [1.165, 1.54) is 6.07 Å². The van der Waals surface area contributed by atoms with Crippen molar-refractivity contribution in [3.05, 3.63) is 16.5 Å². The van der Waals surface area contributed by atoms with Crippen LogP contribution in [0.25, 0.3) is 0 Å². The minimum absolute atomic E-state index is 0.105. The molecule has 0 aliphatic heterocycles. The standard InChI is InChI=1S/C13H23BrN2O3S/c1-9(2)5-4-6-10(3)16-20(17,18)12-7-11(8-15)19-13(12)14/h7,9-10,16H,4-6,8,15H2,1-3H3. The van der Waals surface area contributed by atoms with Gasteiger partial charge < -0.3 is 10.2 Å². The second kappa shape index (κ2) is 7.59. The average Bonchev–Trinajstić information content (AvgIpc) is 2.70. The Hall–Kier alpha value is -0.370. The van der Waals surface area contributed by atoms with Crippen molar-refractivity contribution in [2.45, 2.75) is 57.5 Å². The van der Waals surface area contributed by atoms with E-state index in [2.05, 4.69) is 34.5 Å². The van der Waals surface area contributed by atoms with Crippen LogP contribution in [-0.2, 0) is 16.6 Å². The van der Waals surface area contributed by atoms with Crippen LogP contribution in [0.1, 0.15) is 45.8 Å². The number of halogens is 1. The van der Waals surface area contributed by atoms with Crippen LogP contribution >= 0.6 is 15.9 Å². The molecule has 0 radical (unpaired) electrons. The van der Waals surface area contributed by atoms with Crippen molar-refractivity contribution < 1.29 is 12.8 Å². The maximum absolute atomic E-state index is 12.2. The minimum atomic E-state index is -3.58. The van der Waals surface area contributed by atoms with E-state index < -0.39 is 10.0 Å². The summed E-state index contributed by atoms with van der Waals surface area (Å²) < 4.78 is 32.6. The fourth-order valence-corrected chi connectivity index (χ4v) is 4.18. The molecule has 0 saturated heterocycles. The van der Waals surface area contributed by atoms with E-state index in [1.54, 1.807) is 0 Å². The van der Waals surface area contributed by atoms with Crippen LogP contribution in [0, 0.1) is 5.92 Å². The highest BCUT2D eigenvalue weighted by molar-refractivity contribution is 9.10. The Morgan fingerprint density at radius 3 is 2.50 bits per heavy atom. The largest absolute Gasteiger partial charge is 0.452 e. The summed E-state index contributed by atoms with van der Waals surface area (Å²) in [6.45, 7) is 6.35. The lowest BCUT2D eigenvalue weighted by atomic mass is 10.0. The summed E-state index contributed by atoms with van der Waals surface area (Å²) >= 11 is 3.11. The molecule has 7 heteroatoms. The van der Waals surface area contributed by atoms with E-state index in [4.69, 9.17) is 10.2 Å². The van der Waals surface area contributed by atoms with Gasteiger partial charge in [-0.1, -0.05) is 26.7 Å². The predicted molar refractivity (Wildman–Crippen MR) is 82.8 cm³/mol. The van der Waals surface area contributed by atoms with Crippen LogP contribution in [0.15, 0.2) is 20.0 Å². The first kappa shape index (κ1) is 17.7. The van der Waals surface area contributed by atoms with Crippen LogP contribution in [0.3, 0.4) is 0 Å². The Balaban J connectivity index is 2.66. The molecule has 0 spiro atoms. The van der Waals surface area contributed by atoms with E-state index in [0.29, 0.717) is 11.7 Å². The van der Waals surface area contributed by atoms with Crippen LogP contribution in [0.4, 0.5) is 0 Å². The first-order valence-corrected chi connectivity index (χ1v) is 9.04. The summed E-state index contributed by atoms with van der Waals surface area (Å²) in [6, 6.07) is 1.34. The summed E-state index contributed by atoms with van der Waals surface area (Å²) in [5, 5.41) is 0. The molecule has 0 aliphatic rings. The normalized spacial score (nSPS) is 13.9. The fraction of sp³-hybridized carbons (Fsp3) is 0.692. The number of furan rings is 1. The number of nitrogens with one attached hydrogen (secondary N) is 1. The lowest BCUT2D eigenvalue weighted by Gasteiger charge is -2.14. The lowest BCUT2D eigenvalue weighted by Crippen LogP contribution is -2.32. The van der Waals surface area contributed by atoms with E-state index in [0.717, 1.165) is 19.3 Å². The number of rotatable bonds is 8. The third kappa shape index (κ3) is 5.20. The first-order chi connectivity index (χ1) is 9.26. The van der Waals surface area contributed by atoms with E-state index >= 15 is 0 Å². The molecular weight excluding hydrogens is 344 g/mol. The minimum Gasteiger partial charge on any atom is -0.452 e. The second-order valence-electron chi connectivity index (χ2n) is 5.40. The van der Waals surface area contributed by atoms with Gasteiger partial charge >= 0.3 is 0 Å². The smallest absolute Gasteiger partial charge is 0.245 e. The first-order valence-electron chi connectivity index (χ1n) is 6.77. The van der Waals surface area contributed by atoms with Gasteiger partial charge in [-0.3, -0.25) is 0 Å². The Morgan fingerprint density at radius 2 is 2.00 bits per heavy atom. The van der Waals surface area contributed by atoms with Crippen LogP contribution in [0.2, 0.25) is 0 Å². The molecular formula is C13H23BrN2O3S. The van der Waals surface area contributed by atoms with Gasteiger partial charge in [0.2, 0.25) is 10.0 Å². The fourth-order valence-electron chi connectivity index (χ4n) is 1.90. The lowest BCUT2D eigenvalue weighted by molar-refractivity contribution is 0.478. The Labute approximate surface area is 129 Å². The van der Waals surface area contributed by atoms with Gasteiger partial charge in [0, 0.05) is 12.1 Å². The number of hydrogen-bond acceptors (Lipinski definition) is 4. The SMILES string of the molecule is CC(C)CCCC(C)NS(=O)(=O)c1cc(CN)oc1Br. The topological polar surface area (TPSA) is 85.3 Å². The van der Waals surface area contributed by atoms with E-state index in [1.807, 2.05) is 6.92 Å². The van der Waals surface area contributed by atoms with Crippen LogP contribution < -0.4 is 10.5 Å². The van der Waals surface area contributed by atoms with Gasteiger partial charge in [-0.25, -0.2) is 13.1 Å². The Morgan fingerprint density at radius 1 is 1.35 bits per heavy atom. The van der Waals surface area contributed by atoms with Crippen LogP contribution in [-0.4, -0.2) is 14.5 Å². The van der Waals surface area contributed by atoms with Gasteiger partial charge in [-0.05, 0) is 35.2 Å². The van der Waals surface area contributed by atoms with E-state index in [9.17, 15) is 8.42 Å². The second-order valence-corrected chi connectivity index (χ2v) is 7.80. The number of hydrogen-bond donors (Lipinski definition) is 2. The third-order valence-electron chi connectivity index (χ3n) is 2.97. The maximum atomic E-state index is 12.2. The molecule has 1 aromatic heterocycles. The highest BCUT2D eigenvalue weighted by Gasteiger charge is 2.23. The number of sulfonamides is 1. The molecule has 0 aliphatic carbocycles. The molecule has 0 aromatic carbocycles. The molecule has 1 heterocycles. The zero-order valence-corrected chi connectivity index (χ0v) is 14.6. The number of nitrogens with two attached hydrogens (primary N) is 1. The highest BCUT2D eigenvalue weighted by atomic mass is 79.9. The molecule has 20 heavy (non-hydrogen) atoms. The quantitative estimate of drug-likeness (QED) is 0.740. The molecule has 1 rings (SSSR count). The molecule has 1 unspecified atom stereocenters. The highest BCUT2D eigenvalue weighted by Crippen LogP contribution is 2.26. The van der Waals surface area contributed by atoms with Crippen LogP contribution in [0.5, 0.6) is 0 Å². The molecule has 0 bridgehead atoms. The average molecular weight is 367 g/mol. The zero-order chi connectivity index (χ0) is 15.3. The molecule has 0 saturated carbocycles. The Kier molecular flexibility index (Phi) is 6.71. The Bertz CT molecular complexity index is 526. The van der Waals surface area contributed by atoms with Crippen molar-refractivity contribution in [1.82, 2.24) is 4.72 Å². The molecule has 0 fully saturated rings. The molecule has 1 aromatic rings. The van der Waals surface area contributed by atoms with Gasteiger partial charge in [-0.15, -0.1) is 0 Å². The summed E-state index contributed by atoms with van der Waals surface area (Å²) in [4.78, 5) is 0.105. The maximum Gasteiger partial charge on any atom is 0.245 e. The zero-order valence-electron chi connectivity index (χ0n) is 12.1. The molecule has 5 nitrogen and oxygen atoms in total. The van der Waals surface area contributed by atoms with E-state index in [-0.39, 0.29) is 22.2 Å². The van der Waals surface area contributed by atoms with Crippen molar-refractivity contribution in [2.75, 3.05) is 0 Å². The molecule has 1 atom stereocenters. The molecule has 116 valence electrons. The van der Waals surface area contributed by atoms with Gasteiger partial charge in [0.05, 0.1) is 6.54 Å². The van der Waals surface area contributed by atoms with Crippen molar-refractivity contribution in [2.24, 2.45) is 11.7 Å². The monoisotopic (exact) mass is 366 g/mol.